The molecule has 0 atom stereocenters. The maximum atomic E-state index is 9.48. The topological polar surface area (TPSA) is 17.1 Å². The molecule has 0 aliphatic carbocycles. The summed E-state index contributed by atoms with van der Waals surface area (Å²) in [6.07, 6.45) is 0. The molecular formula is CH2OS3. The normalized spacial score (nSPS) is 17.2. The molecule has 1 nitrogen and oxygen atoms in total. The van der Waals surface area contributed by atoms with Crippen molar-refractivity contribution in [1.29, 1.82) is 0 Å². The summed E-state index contributed by atoms with van der Waals surface area (Å²) in [6, 6.07) is 0. The Bertz CT molecular complexity index is 44.9. The molecule has 5 heavy (non-hydrogen) atoms. The third kappa shape index (κ3) is 2.52. The van der Waals surface area contributed by atoms with Crippen LogP contribution in [0.1, 0.15) is 0 Å². The zero-order valence-corrected chi connectivity index (χ0v) is 4.86. The fourth-order valence-corrected chi connectivity index (χ4v) is 0.153. The highest BCUT2D eigenvalue weighted by Crippen LogP contribution is 2.46. The van der Waals surface area contributed by atoms with E-state index in [1.165, 1.54) is 21.6 Å². The van der Waals surface area contributed by atoms with Gasteiger partial charge in [-0.15, -0.1) is 0 Å². The molecular weight excluding hydrogens is 124 g/mol. The first-order valence-corrected chi connectivity index (χ1v) is 2.93. The maximum absolute atomic E-state index is 9.48. The van der Waals surface area contributed by atoms with Crippen molar-refractivity contribution in [2.24, 2.45) is 0 Å². The predicted molar refractivity (Wildman–Crippen MR) is 31.0 cm³/mol. The largest absolute Gasteiger partial charge is 0.273 e. The van der Waals surface area contributed by atoms with Crippen LogP contribution in [0.15, 0.2) is 0 Å². The lowest BCUT2D eigenvalue weighted by Gasteiger charge is -1.19. The number of hydrogen-bond donors (Lipinski definition) is 0. The minimum absolute atomic E-state index is 0. The van der Waals surface area contributed by atoms with Crippen LogP contribution in [0, 0.1) is 0 Å². The van der Waals surface area contributed by atoms with Gasteiger partial charge in [0.2, 0.25) is 0 Å². The summed E-state index contributed by atoms with van der Waals surface area (Å²) in [4.78, 5) is 9.48. The molecule has 0 N–H and O–H groups in total. The van der Waals surface area contributed by atoms with Gasteiger partial charge in [0.15, 0.2) is 0 Å². The lowest BCUT2D eigenvalue weighted by Crippen LogP contribution is -1.25. The van der Waals surface area contributed by atoms with Gasteiger partial charge >= 0.3 is 0 Å². The van der Waals surface area contributed by atoms with Crippen LogP contribution in [0.5, 0.6) is 0 Å². The fraction of sp³-hybridized carbons (Fsp3) is 0. The van der Waals surface area contributed by atoms with Crippen LogP contribution in [0.2, 0.25) is 0 Å². The molecule has 0 saturated carbocycles. The summed E-state index contributed by atoms with van der Waals surface area (Å²) in [5, 5.41) is 0. The molecule has 1 heterocycles. The first-order chi connectivity index (χ1) is 1.89. The molecule has 1 fully saturated rings. The molecule has 0 spiro atoms. The van der Waals surface area contributed by atoms with Crippen molar-refractivity contribution in [3.8, 4) is 0 Å². The molecule has 1 saturated heterocycles. The van der Waals surface area contributed by atoms with Crippen LogP contribution in [-0.4, -0.2) is 4.45 Å². The Balaban J connectivity index is 0.000000160. The second-order valence-electron chi connectivity index (χ2n) is 0.417. The van der Waals surface area contributed by atoms with Crippen molar-refractivity contribution < 1.29 is 4.79 Å². The highest BCUT2D eigenvalue weighted by atomic mass is 33.2. The van der Waals surface area contributed by atoms with Crippen LogP contribution in [0.25, 0.3) is 0 Å². The summed E-state index contributed by atoms with van der Waals surface area (Å²) in [5.74, 6) is 0. The van der Waals surface area contributed by atoms with Crippen LogP contribution < -0.4 is 0 Å². The third-order valence-electron chi connectivity index (χ3n) is 0.151. The number of hydrogen-bond acceptors (Lipinski definition) is 3. The number of carbonyl (C=O) groups excluding carboxylic acids is 1. The zero-order valence-electron chi connectivity index (χ0n) is 2.22. The van der Waals surface area contributed by atoms with Gasteiger partial charge in [0.1, 0.15) is 0 Å². The Morgan fingerprint density at radius 2 is 1.60 bits per heavy atom. The molecule has 0 unspecified atom stereocenters. The van der Waals surface area contributed by atoms with Gasteiger partial charge in [0.05, 0.1) is 0 Å². The molecule has 1 aliphatic heterocycles. The van der Waals surface area contributed by atoms with Gasteiger partial charge in [-0.2, -0.15) is 13.5 Å². The lowest BCUT2D eigenvalue weighted by molar-refractivity contribution is 0.278. The van der Waals surface area contributed by atoms with E-state index >= 15 is 0 Å². The molecule has 0 aromatic rings. The molecule has 0 radical (unpaired) electrons. The van der Waals surface area contributed by atoms with Crippen LogP contribution >= 0.6 is 35.1 Å². The third-order valence-corrected chi connectivity index (χ3v) is 1.36. The monoisotopic (exact) mass is 126 g/mol. The first kappa shape index (κ1) is 5.72. The highest BCUT2D eigenvalue weighted by Gasteiger charge is 2.18. The SMILES string of the molecule is O=C1SS1.S. The quantitative estimate of drug-likeness (QED) is 0.362. The van der Waals surface area contributed by atoms with Crippen molar-refractivity contribution in [3.63, 3.8) is 0 Å². The molecule has 0 amide bonds. The van der Waals surface area contributed by atoms with E-state index in [4.69, 9.17) is 0 Å². The van der Waals surface area contributed by atoms with Crippen molar-refractivity contribution >= 4 is 39.5 Å². The standard InChI is InChI=1S/COS2.H2S/c2-1-3-4-1;/h;1H2. The van der Waals surface area contributed by atoms with Crippen LogP contribution in [0.4, 0.5) is 4.79 Å². The van der Waals surface area contributed by atoms with E-state index in [1.54, 1.807) is 0 Å². The fourth-order valence-electron chi connectivity index (χ4n) is 0.0170. The summed E-state index contributed by atoms with van der Waals surface area (Å²) in [7, 11) is 2.60. The zero-order chi connectivity index (χ0) is 2.99. The van der Waals surface area contributed by atoms with Crippen molar-refractivity contribution in [2.45, 2.75) is 0 Å². The minimum Gasteiger partial charge on any atom is -0.273 e. The van der Waals surface area contributed by atoms with Gasteiger partial charge in [-0.1, -0.05) is 0 Å². The summed E-state index contributed by atoms with van der Waals surface area (Å²) < 4.78 is 0.250. The van der Waals surface area contributed by atoms with Crippen molar-refractivity contribution in [3.05, 3.63) is 0 Å². The summed E-state index contributed by atoms with van der Waals surface area (Å²) >= 11 is 0. The smallest absolute Gasteiger partial charge is 0.267 e. The Kier molecular flexibility index (Phi) is 2.28. The second kappa shape index (κ2) is 2.00. The summed E-state index contributed by atoms with van der Waals surface area (Å²) in [5.41, 5.74) is 0. The average molecular weight is 126 g/mol. The van der Waals surface area contributed by atoms with Crippen LogP contribution in [0.3, 0.4) is 0 Å². The predicted octanol–water partition coefficient (Wildman–Crippen LogP) is 1.61. The second-order valence-corrected chi connectivity index (χ2v) is 2.75. The molecule has 1 rings (SSSR count). The van der Waals surface area contributed by atoms with E-state index < -0.39 is 0 Å². The molecule has 0 aromatic carbocycles. The van der Waals surface area contributed by atoms with Gasteiger partial charge < -0.3 is 0 Å². The van der Waals surface area contributed by atoms with Crippen molar-refractivity contribution in [2.75, 3.05) is 0 Å². The Morgan fingerprint density at radius 1 is 1.40 bits per heavy atom. The summed E-state index contributed by atoms with van der Waals surface area (Å²) in [6.45, 7) is 0. The van der Waals surface area contributed by atoms with Gasteiger partial charge in [-0.05, 0) is 0 Å². The van der Waals surface area contributed by atoms with E-state index in [0.717, 1.165) is 0 Å². The highest BCUT2D eigenvalue weighted by molar-refractivity contribution is 9.09. The molecule has 0 aromatic heterocycles. The Labute approximate surface area is 44.7 Å². The Morgan fingerprint density at radius 3 is 1.60 bits per heavy atom. The van der Waals surface area contributed by atoms with Gasteiger partial charge in [-0.3, -0.25) is 4.79 Å². The first-order valence-electron chi connectivity index (χ1n) is 0.779. The van der Waals surface area contributed by atoms with E-state index in [9.17, 15) is 4.79 Å². The van der Waals surface area contributed by atoms with Crippen molar-refractivity contribution in [1.82, 2.24) is 0 Å². The molecule has 4 heteroatoms. The van der Waals surface area contributed by atoms with Crippen LogP contribution in [-0.2, 0) is 0 Å². The average Bonchev–Trinajstić information content (AvgIpc) is 1.75. The maximum Gasteiger partial charge on any atom is 0.267 e. The lowest BCUT2D eigenvalue weighted by atomic mass is 11.8. The minimum atomic E-state index is 0. The van der Waals surface area contributed by atoms with Gasteiger partial charge in [0.25, 0.3) is 4.45 Å². The van der Waals surface area contributed by atoms with Gasteiger partial charge in [0, 0.05) is 21.6 Å². The molecule has 0 bridgehead atoms. The van der Waals surface area contributed by atoms with E-state index in [1.807, 2.05) is 0 Å². The molecule has 30 valence electrons. The molecule has 1 aliphatic rings. The number of carbonyl (C=O) groups is 1. The van der Waals surface area contributed by atoms with E-state index in [0.29, 0.717) is 0 Å². The number of rotatable bonds is 0. The van der Waals surface area contributed by atoms with Gasteiger partial charge in [-0.25, -0.2) is 0 Å². The van der Waals surface area contributed by atoms with E-state index in [2.05, 4.69) is 0 Å². The van der Waals surface area contributed by atoms with E-state index in [-0.39, 0.29) is 17.9 Å². The Hall–Kier alpha value is 0.720.